The lowest BCUT2D eigenvalue weighted by atomic mass is 10.0. The SMILES string of the molecule is C/C(=N\NC(=O)c1ccc([N+](=O)[O-])cc1)c1ccc(-c2ccccc2)cc1. The maximum absolute atomic E-state index is 12.1. The molecular weight excluding hydrogens is 342 g/mol. The molecule has 0 aliphatic carbocycles. The number of nitro benzene ring substituents is 1. The molecule has 0 spiro atoms. The van der Waals surface area contributed by atoms with Crippen LogP contribution in [-0.4, -0.2) is 16.5 Å². The maximum atomic E-state index is 12.1. The Balaban J connectivity index is 1.68. The van der Waals surface area contributed by atoms with Gasteiger partial charge in [-0.2, -0.15) is 5.10 Å². The molecule has 0 unspecified atom stereocenters. The first-order valence-corrected chi connectivity index (χ1v) is 8.29. The van der Waals surface area contributed by atoms with Gasteiger partial charge in [0.2, 0.25) is 0 Å². The predicted octanol–water partition coefficient (Wildman–Crippen LogP) is 4.42. The number of nitrogens with zero attached hydrogens (tertiary/aromatic N) is 2. The summed E-state index contributed by atoms with van der Waals surface area (Å²) in [6.45, 7) is 1.80. The van der Waals surface area contributed by atoms with E-state index in [0.29, 0.717) is 11.3 Å². The van der Waals surface area contributed by atoms with E-state index < -0.39 is 10.8 Å². The highest BCUT2D eigenvalue weighted by Crippen LogP contribution is 2.19. The van der Waals surface area contributed by atoms with E-state index in [0.717, 1.165) is 16.7 Å². The number of carbonyl (C=O) groups excluding carboxylic acids is 1. The van der Waals surface area contributed by atoms with Gasteiger partial charge >= 0.3 is 0 Å². The largest absolute Gasteiger partial charge is 0.271 e. The van der Waals surface area contributed by atoms with Crippen LogP contribution < -0.4 is 5.43 Å². The summed E-state index contributed by atoms with van der Waals surface area (Å²) < 4.78 is 0. The number of hydrazone groups is 1. The average molecular weight is 359 g/mol. The Bertz CT molecular complexity index is 979. The topological polar surface area (TPSA) is 84.6 Å². The molecule has 0 bridgehead atoms. The number of hydrogen-bond acceptors (Lipinski definition) is 4. The second kappa shape index (κ2) is 8.05. The number of nitro groups is 1. The summed E-state index contributed by atoms with van der Waals surface area (Å²) in [4.78, 5) is 22.3. The fourth-order valence-corrected chi connectivity index (χ4v) is 2.53. The molecule has 3 rings (SSSR count). The molecule has 0 saturated carbocycles. The van der Waals surface area contributed by atoms with E-state index in [4.69, 9.17) is 0 Å². The molecule has 134 valence electrons. The summed E-state index contributed by atoms with van der Waals surface area (Å²) in [5, 5.41) is 14.8. The highest BCUT2D eigenvalue weighted by molar-refractivity contribution is 6.01. The Hall–Kier alpha value is -3.80. The zero-order valence-electron chi connectivity index (χ0n) is 14.6. The van der Waals surface area contributed by atoms with E-state index in [2.05, 4.69) is 10.5 Å². The lowest BCUT2D eigenvalue weighted by molar-refractivity contribution is -0.384. The monoisotopic (exact) mass is 359 g/mol. The second-order valence-electron chi connectivity index (χ2n) is 5.89. The van der Waals surface area contributed by atoms with Crippen LogP contribution in [0.5, 0.6) is 0 Å². The van der Waals surface area contributed by atoms with Crippen LogP contribution in [0, 0.1) is 10.1 Å². The van der Waals surface area contributed by atoms with Gasteiger partial charge in [-0.05, 0) is 35.7 Å². The molecule has 0 fully saturated rings. The Morgan fingerprint density at radius 3 is 2.00 bits per heavy atom. The molecule has 0 aliphatic heterocycles. The van der Waals surface area contributed by atoms with Crippen molar-refractivity contribution < 1.29 is 9.72 Å². The lowest BCUT2D eigenvalue weighted by Crippen LogP contribution is -2.19. The molecule has 6 nitrogen and oxygen atoms in total. The fraction of sp³-hybridized carbons (Fsp3) is 0.0476. The third kappa shape index (κ3) is 4.43. The molecule has 3 aromatic carbocycles. The Labute approximate surface area is 156 Å². The minimum absolute atomic E-state index is 0.0651. The normalized spacial score (nSPS) is 11.1. The van der Waals surface area contributed by atoms with Crippen molar-refractivity contribution in [1.82, 2.24) is 5.43 Å². The van der Waals surface area contributed by atoms with Crippen molar-refractivity contribution in [1.29, 1.82) is 0 Å². The molecule has 0 saturated heterocycles. The van der Waals surface area contributed by atoms with Gasteiger partial charge in [0.1, 0.15) is 0 Å². The summed E-state index contributed by atoms with van der Waals surface area (Å²) in [5.74, 6) is -0.426. The van der Waals surface area contributed by atoms with E-state index in [1.54, 1.807) is 6.92 Å². The maximum Gasteiger partial charge on any atom is 0.271 e. The standard InChI is InChI=1S/C21H17N3O3/c1-15(16-7-9-18(10-8-16)17-5-3-2-4-6-17)22-23-21(25)19-11-13-20(14-12-19)24(26)27/h2-14H,1H3,(H,23,25)/b22-15+. The van der Waals surface area contributed by atoms with Crippen molar-refractivity contribution in [3.63, 3.8) is 0 Å². The molecule has 1 amide bonds. The van der Waals surface area contributed by atoms with Gasteiger partial charge in [0.25, 0.3) is 11.6 Å². The number of nitrogens with one attached hydrogen (secondary N) is 1. The predicted molar refractivity (Wildman–Crippen MR) is 105 cm³/mol. The number of non-ortho nitro benzene ring substituents is 1. The third-order valence-corrected chi connectivity index (χ3v) is 4.08. The van der Waals surface area contributed by atoms with Gasteiger partial charge in [0.05, 0.1) is 10.6 Å². The highest BCUT2D eigenvalue weighted by Gasteiger charge is 2.09. The van der Waals surface area contributed by atoms with E-state index >= 15 is 0 Å². The van der Waals surface area contributed by atoms with E-state index in [9.17, 15) is 14.9 Å². The van der Waals surface area contributed by atoms with Crippen LogP contribution in [0.2, 0.25) is 0 Å². The Kier molecular flexibility index (Phi) is 5.37. The van der Waals surface area contributed by atoms with E-state index in [1.807, 2.05) is 54.6 Å². The van der Waals surface area contributed by atoms with Gasteiger partial charge in [-0.1, -0.05) is 54.6 Å². The van der Waals surface area contributed by atoms with E-state index in [1.165, 1.54) is 24.3 Å². The van der Waals surface area contributed by atoms with Crippen molar-refractivity contribution in [2.75, 3.05) is 0 Å². The Morgan fingerprint density at radius 2 is 1.41 bits per heavy atom. The van der Waals surface area contributed by atoms with Crippen LogP contribution in [0.25, 0.3) is 11.1 Å². The molecule has 0 radical (unpaired) electrons. The molecule has 0 aliphatic rings. The van der Waals surface area contributed by atoms with Crippen molar-refractivity contribution in [3.05, 3.63) is 100 Å². The third-order valence-electron chi connectivity index (χ3n) is 4.08. The van der Waals surface area contributed by atoms with Gasteiger partial charge in [-0.15, -0.1) is 0 Å². The van der Waals surface area contributed by atoms with Gasteiger partial charge < -0.3 is 0 Å². The van der Waals surface area contributed by atoms with Gasteiger partial charge in [-0.3, -0.25) is 14.9 Å². The van der Waals surface area contributed by atoms with Crippen molar-refractivity contribution in [2.45, 2.75) is 6.92 Å². The molecule has 27 heavy (non-hydrogen) atoms. The van der Waals surface area contributed by atoms with E-state index in [-0.39, 0.29) is 5.69 Å². The van der Waals surface area contributed by atoms with Crippen LogP contribution in [0.1, 0.15) is 22.8 Å². The smallest absolute Gasteiger partial charge is 0.267 e. The average Bonchev–Trinajstić information content (AvgIpc) is 2.72. The summed E-state index contributed by atoms with van der Waals surface area (Å²) in [6.07, 6.45) is 0. The zero-order valence-corrected chi connectivity index (χ0v) is 14.6. The first-order chi connectivity index (χ1) is 13.0. The first-order valence-electron chi connectivity index (χ1n) is 8.29. The van der Waals surface area contributed by atoms with Crippen LogP contribution in [0.15, 0.2) is 84.0 Å². The van der Waals surface area contributed by atoms with Crippen LogP contribution >= 0.6 is 0 Å². The minimum Gasteiger partial charge on any atom is -0.267 e. The van der Waals surface area contributed by atoms with Crippen molar-refractivity contribution in [3.8, 4) is 11.1 Å². The van der Waals surface area contributed by atoms with Gasteiger partial charge in [-0.25, -0.2) is 5.43 Å². The second-order valence-corrected chi connectivity index (χ2v) is 5.89. The van der Waals surface area contributed by atoms with Gasteiger partial charge in [0, 0.05) is 17.7 Å². The van der Waals surface area contributed by atoms with Crippen LogP contribution in [-0.2, 0) is 0 Å². The number of rotatable bonds is 5. The summed E-state index contributed by atoms with van der Waals surface area (Å²) in [5.41, 5.74) is 6.48. The fourth-order valence-electron chi connectivity index (χ4n) is 2.53. The lowest BCUT2D eigenvalue weighted by Gasteiger charge is -2.05. The molecule has 1 N–H and O–H groups in total. The number of benzene rings is 3. The summed E-state index contributed by atoms with van der Waals surface area (Å²) >= 11 is 0. The molecule has 0 aromatic heterocycles. The molecule has 0 heterocycles. The first kappa shape index (κ1) is 18.0. The highest BCUT2D eigenvalue weighted by atomic mass is 16.6. The summed E-state index contributed by atoms with van der Waals surface area (Å²) in [6, 6.07) is 23.3. The molecule has 0 atom stereocenters. The Morgan fingerprint density at radius 1 is 0.852 bits per heavy atom. The van der Waals surface area contributed by atoms with Crippen LogP contribution in [0.3, 0.4) is 0 Å². The number of hydrogen-bond donors (Lipinski definition) is 1. The van der Waals surface area contributed by atoms with Crippen molar-refractivity contribution in [2.24, 2.45) is 5.10 Å². The quantitative estimate of drug-likeness (QED) is 0.416. The number of carbonyl (C=O) groups is 1. The molecular formula is C21H17N3O3. The van der Waals surface area contributed by atoms with Crippen molar-refractivity contribution >= 4 is 17.3 Å². The van der Waals surface area contributed by atoms with Gasteiger partial charge in [0.15, 0.2) is 0 Å². The zero-order chi connectivity index (χ0) is 19.2. The molecule has 3 aromatic rings. The number of amides is 1. The summed E-state index contributed by atoms with van der Waals surface area (Å²) in [7, 11) is 0. The molecule has 6 heteroatoms. The van der Waals surface area contributed by atoms with Crippen LogP contribution in [0.4, 0.5) is 5.69 Å². The minimum atomic E-state index is -0.511.